The van der Waals surface area contributed by atoms with Crippen LogP contribution >= 0.6 is 0 Å². The average Bonchev–Trinajstić information content (AvgIpc) is 2.77. The summed E-state index contributed by atoms with van der Waals surface area (Å²) in [7, 11) is 1.56. The number of aryl methyl sites for hydroxylation is 1. The number of benzene rings is 1. The van der Waals surface area contributed by atoms with E-state index in [0.717, 1.165) is 5.69 Å². The largest absolute Gasteiger partial charge is 0.497 e. The minimum atomic E-state index is -0.177. The van der Waals surface area contributed by atoms with E-state index in [1.807, 2.05) is 13.0 Å². The summed E-state index contributed by atoms with van der Waals surface area (Å²) >= 11 is 0. The Morgan fingerprint density at radius 1 is 1.47 bits per heavy atom. The molecule has 2 aromatic rings. The number of nitrogens with one attached hydrogen (secondary N) is 1. The first-order valence-electron chi connectivity index (χ1n) is 5.82. The smallest absolute Gasteiger partial charge is 0.246 e. The van der Waals surface area contributed by atoms with E-state index < -0.39 is 0 Å². The van der Waals surface area contributed by atoms with Crippen molar-refractivity contribution >= 4 is 17.3 Å². The topological polar surface area (TPSA) is 82.2 Å². The Hall–Kier alpha value is -2.50. The lowest BCUT2D eigenvalue weighted by Gasteiger charge is -2.10. The van der Waals surface area contributed by atoms with E-state index in [4.69, 9.17) is 10.5 Å². The van der Waals surface area contributed by atoms with Gasteiger partial charge in [0.05, 0.1) is 18.5 Å². The standard InChI is InChI=1S/C13H16N4O2/c1-9-5-6-15-17(9)8-13(18)16-12-4-3-10(19-2)7-11(12)14/h3-7H,8,14H2,1-2H3,(H,16,18). The van der Waals surface area contributed by atoms with Crippen molar-refractivity contribution in [2.75, 3.05) is 18.2 Å². The fraction of sp³-hybridized carbons (Fsp3) is 0.231. The van der Waals surface area contributed by atoms with Crippen molar-refractivity contribution in [3.8, 4) is 5.75 Å². The molecular formula is C13H16N4O2. The Labute approximate surface area is 111 Å². The van der Waals surface area contributed by atoms with E-state index in [0.29, 0.717) is 17.1 Å². The molecule has 0 radical (unpaired) electrons. The zero-order valence-corrected chi connectivity index (χ0v) is 10.9. The van der Waals surface area contributed by atoms with Gasteiger partial charge >= 0.3 is 0 Å². The third-order valence-electron chi connectivity index (χ3n) is 2.76. The van der Waals surface area contributed by atoms with E-state index in [2.05, 4.69) is 10.4 Å². The van der Waals surface area contributed by atoms with Gasteiger partial charge in [0, 0.05) is 18.0 Å². The maximum atomic E-state index is 11.9. The van der Waals surface area contributed by atoms with Gasteiger partial charge in [-0.05, 0) is 25.1 Å². The highest BCUT2D eigenvalue weighted by atomic mass is 16.5. The molecule has 0 aliphatic heterocycles. The highest BCUT2D eigenvalue weighted by molar-refractivity contribution is 5.93. The fourth-order valence-corrected chi connectivity index (χ4v) is 1.67. The number of hydrogen-bond donors (Lipinski definition) is 2. The molecule has 0 atom stereocenters. The highest BCUT2D eigenvalue weighted by Gasteiger charge is 2.08. The van der Waals surface area contributed by atoms with Crippen molar-refractivity contribution in [3.05, 3.63) is 36.2 Å². The Kier molecular flexibility index (Phi) is 3.70. The van der Waals surface area contributed by atoms with Gasteiger partial charge in [0.1, 0.15) is 12.3 Å². The number of carbonyl (C=O) groups is 1. The molecule has 6 nitrogen and oxygen atoms in total. The summed E-state index contributed by atoms with van der Waals surface area (Å²) in [6, 6.07) is 6.96. The Bertz CT molecular complexity index is 592. The Morgan fingerprint density at radius 2 is 2.26 bits per heavy atom. The molecule has 0 fully saturated rings. The lowest BCUT2D eigenvalue weighted by molar-refractivity contribution is -0.116. The maximum absolute atomic E-state index is 11.9. The maximum Gasteiger partial charge on any atom is 0.246 e. The molecule has 0 saturated carbocycles. The number of aromatic nitrogens is 2. The molecule has 1 aromatic carbocycles. The van der Waals surface area contributed by atoms with Gasteiger partial charge in [0.25, 0.3) is 0 Å². The first-order chi connectivity index (χ1) is 9.10. The quantitative estimate of drug-likeness (QED) is 0.814. The first kappa shape index (κ1) is 12.9. The van der Waals surface area contributed by atoms with E-state index in [-0.39, 0.29) is 12.5 Å². The summed E-state index contributed by atoms with van der Waals surface area (Å²) in [5.74, 6) is 0.474. The van der Waals surface area contributed by atoms with Gasteiger partial charge in [0.2, 0.25) is 5.91 Å². The van der Waals surface area contributed by atoms with Gasteiger partial charge in [0.15, 0.2) is 0 Å². The number of anilines is 2. The average molecular weight is 260 g/mol. The van der Waals surface area contributed by atoms with Gasteiger partial charge in [-0.2, -0.15) is 5.10 Å². The number of nitrogen functional groups attached to an aromatic ring is 1. The Morgan fingerprint density at radius 3 is 2.84 bits per heavy atom. The van der Waals surface area contributed by atoms with Crippen LogP contribution in [0.2, 0.25) is 0 Å². The number of ether oxygens (including phenoxy) is 1. The number of methoxy groups -OCH3 is 1. The highest BCUT2D eigenvalue weighted by Crippen LogP contribution is 2.23. The van der Waals surface area contributed by atoms with Crippen LogP contribution in [0.1, 0.15) is 5.69 Å². The van der Waals surface area contributed by atoms with Crippen LogP contribution in [0.5, 0.6) is 5.75 Å². The monoisotopic (exact) mass is 260 g/mol. The van der Waals surface area contributed by atoms with E-state index >= 15 is 0 Å². The van der Waals surface area contributed by atoms with Crippen molar-refractivity contribution < 1.29 is 9.53 Å². The van der Waals surface area contributed by atoms with Crippen LogP contribution in [0.15, 0.2) is 30.5 Å². The van der Waals surface area contributed by atoms with Crippen LogP contribution in [0.25, 0.3) is 0 Å². The lowest BCUT2D eigenvalue weighted by Crippen LogP contribution is -2.20. The van der Waals surface area contributed by atoms with Crippen LogP contribution in [0.4, 0.5) is 11.4 Å². The summed E-state index contributed by atoms with van der Waals surface area (Å²) in [5.41, 5.74) is 7.79. The molecule has 1 heterocycles. The lowest BCUT2D eigenvalue weighted by atomic mass is 10.2. The second-order valence-electron chi connectivity index (χ2n) is 4.13. The zero-order chi connectivity index (χ0) is 13.8. The van der Waals surface area contributed by atoms with Gasteiger partial charge in [-0.3, -0.25) is 9.48 Å². The summed E-state index contributed by atoms with van der Waals surface area (Å²) in [4.78, 5) is 11.9. The van der Waals surface area contributed by atoms with Crippen molar-refractivity contribution in [1.82, 2.24) is 9.78 Å². The third kappa shape index (κ3) is 3.04. The molecule has 6 heteroatoms. The minimum Gasteiger partial charge on any atom is -0.497 e. The number of nitrogens with zero attached hydrogens (tertiary/aromatic N) is 2. The molecule has 0 unspecified atom stereocenters. The number of hydrogen-bond acceptors (Lipinski definition) is 4. The molecule has 3 N–H and O–H groups in total. The summed E-state index contributed by atoms with van der Waals surface area (Å²) in [6.45, 7) is 2.05. The molecule has 19 heavy (non-hydrogen) atoms. The fourth-order valence-electron chi connectivity index (χ4n) is 1.67. The van der Waals surface area contributed by atoms with Crippen LogP contribution in [0.3, 0.4) is 0 Å². The normalized spacial score (nSPS) is 10.2. The summed E-state index contributed by atoms with van der Waals surface area (Å²) in [6.07, 6.45) is 1.66. The van der Waals surface area contributed by atoms with Crippen LogP contribution in [-0.4, -0.2) is 22.8 Å². The van der Waals surface area contributed by atoms with Crippen molar-refractivity contribution in [2.24, 2.45) is 0 Å². The molecular weight excluding hydrogens is 244 g/mol. The molecule has 100 valence electrons. The first-order valence-corrected chi connectivity index (χ1v) is 5.82. The summed E-state index contributed by atoms with van der Waals surface area (Å²) in [5, 5.41) is 6.80. The third-order valence-corrected chi connectivity index (χ3v) is 2.76. The molecule has 1 amide bonds. The van der Waals surface area contributed by atoms with Crippen LogP contribution in [0, 0.1) is 6.92 Å². The molecule has 0 aliphatic carbocycles. The second-order valence-corrected chi connectivity index (χ2v) is 4.13. The molecule has 0 saturated heterocycles. The zero-order valence-electron chi connectivity index (χ0n) is 10.9. The molecule has 1 aromatic heterocycles. The van der Waals surface area contributed by atoms with Gasteiger partial charge in [-0.1, -0.05) is 0 Å². The van der Waals surface area contributed by atoms with E-state index in [9.17, 15) is 4.79 Å². The number of nitrogens with two attached hydrogens (primary N) is 1. The number of rotatable bonds is 4. The van der Waals surface area contributed by atoms with Crippen molar-refractivity contribution in [2.45, 2.75) is 13.5 Å². The number of carbonyl (C=O) groups excluding carboxylic acids is 1. The van der Waals surface area contributed by atoms with Crippen molar-refractivity contribution in [1.29, 1.82) is 0 Å². The SMILES string of the molecule is COc1ccc(NC(=O)Cn2nccc2C)c(N)c1. The number of amides is 1. The van der Waals surface area contributed by atoms with Crippen LogP contribution < -0.4 is 15.8 Å². The predicted molar refractivity (Wildman–Crippen MR) is 73.0 cm³/mol. The van der Waals surface area contributed by atoms with E-state index in [1.165, 1.54) is 0 Å². The van der Waals surface area contributed by atoms with Gasteiger partial charge in [-0.15, -0.1) is 0 Å². The molecule has 0 bridgehead atoms. The Balaban J connectivity index is 2.05. The van der Waals surface area contributed by atoms with Gasteiger partial charge < -0.3 is 15.8 Å². The molecule has 0 aliphatic rings. The second kappa shape index (κ2) is 5.43. The van der Waals surface area contributed by atoms with Crippen molar-refractivity contribution in [3.63, 3.8) is 0 Å². The van der Waals surface area contributed by atoms with E-state index in [1.54, 1.807) is 36.2 Å². The summed E-state index contributed by atoms with van der Waals surface area (Å²) < 4.78 is 6.67. The molecule has 0 spiro atoms. The van der Waals surface area contributed by atoms with Gasteiger partial charge in [-0.25, -0.2) is 0 Å². The minimum absolute atomic E-state index is 0.157. The predicted octanol–water partition coefficient (Wildman–Crippen LogP) is 1.42. The van der Waals surface area contributed by atoms with Crippen LogP contribution in [-0.2, 0) is 11.3 Å². The molecule has 2 rings (SSSR count).